The average Bonchev–Trinajstić information content (AvgIpc) is 2.70. The number of nitrogens with one attached hydrogen (secondary N) is 1. The smallest absolute Gasteiger partial charge is 0.332 e. The number of carbonyl (C=O) groups excluding carboxylic acids is 4. The number of carbonyl (C=O) groups is 4. The fourth-order valence-electron chi connectivity index (χ4n) is 2.32. The molecule has 0 saturated carbocycles. The standard InChI is InChI=1S/C21H30N2O9/c1-11(2)20(27)32-13(5)9-16(24)30-10-14(21(28)31-12(3)4)23-19(26)17-18(25)15(29-6)7-8-22-17/h7-8,11-14,25H,9-10H2,1-6H3,(H,23,26). The molecule has 11 nitrogen and oxygen atoms in total. The number of hydrogen-bond donors (Lipinski definition) is 2. The molecule has 0 bridgehead atoms. The molecule has 2 unspecified atom stereocenters. The van der Waals surface area contributed by atoms with Gasteiger partial charge in [0.25, 0.3) is 5.91 Å². The molecule has 2 N–H and O–H groups in total. The Morgan fingerprint density at radius 3 is 2.28 bits per heavy atom. The van der Waals surface area contributed by atoms with E-state index in [0.29, 0.717) is 0 Å². The van der Waals surface area contributed by atoms with Crippen LogP contribution < -0.4 is 10.1 Å². The Morgan fingerprint density at radius 1 is 1.06 bits per heavy atom. The third kappa shape index (κ3) is 8.40. The van der Waals surface area contributed by atoms with E-state index in [2.05, 4.69) is 10.3 Å². The number of hydrogen-bond acceptors (Lipinski definition) is 10. The van der Waals surface area contributed by atoms with Crippen LogP contribution in [0.4, 0.5) is 0 Å². The van der Waals surface area contributed by atoms with E-state index < -0.39 is 54.4 Å². The second kappa shape index (κ2) is 12.5. The van der Waals surface area contributed by atoms with E-state index in [9.17, 15) is 24.3 Å². The number of pyridine rings is 1. The molecule has 1 rings (SSSR count). The van der Waals surface area contributed by atoms with Crippen LogP contribution >= 0.6 is 0 Å². The van der Waals surface area contributed by atoms with Crippen molar-refractivity contribution >= 4 is 23.8 Å². The van der Waals surface area contributed by atoms with Gasteiger partial charge in [-0.25, -0.2) is 9.78 Å². The number of amides is 1. The molecule has 1 heterocycles. The first-order valence-electron chi connectivity index (χ1n) is 10.1. The highest BCUT2D eigenvalue weighted by atomic mass is 16.6. The lowest BCUT2D eigenvalue weighted by Gasteiger charge is -2.20. The molecule has 1 aromatic heterocycles. The van der Waals surface area contributed by atoms with Crippen LogP contribution in [0.3, 0.4) is 0 Å². The molecule has 0 radical (unpaired) electrons. The van der Waals surface area contributed by atoms with Crippen molar-refractivity contribution in [2.24, 2.45) is 5.92 Å². The van der Waals surface area contributed by atoms with Crippen molar-refractivity contribution in [3.63, 3.8) is 0 Å². The molecule has 1 aromatic rings. The zero-order valence-electron chi connectivity index (χ0n) is 19.0. The number of rotatable bonds is 11. The van der Waals surface area contributed by atoms with Gasteiger partial charge in [0.15, 0.2) is 23.2 Å². The topological polar surface area (TPSA) is 150 Å². The maximum absolute atomic E-state index is 12.5. The van der Waals surface area contributed by atoms with Crippen molar-refractivity contribution in [1.29, 1.82) is 0 Å². The molecule has 0 saturated heterocycles. The maximum atomic E-state index is 12.5. The summed E-state index contributed by atoms with van der Waals surface area (Å²) in [5, 5.41) is 12.4. The summed E-state index contributed by atoms with van der Waals surface area (Å²) in [6.45, 7) is 7.55. The molecular formula is C21H30N2O9. The Labute approximate surface area is 186 Å². The van der Waals surface area contributed by atoms with E-state index >= 15 is 0 Å². The SMILES string of the molecule is COc1ccnc(C(=O)NC(COC(=O)CC(C)OC(=O)C(C)C)C(=O)OC(C)C)c1O. The first-order valence-corrected chi connectivity index (χ1v) is 10.1. The normalized spacial score (nSPS) is 12.6. The van der Waals surface area contributed by atoms with Gasteiger partial charge in [0.1, 0.15) is 12.7 Å². The third-order valence-electron chi connectivity index (χ3n) is 3.92. The van der Waals surface area contributed by atoms with Crippen molar-refractivity contribution in [3.8, 4) is 11.5 Å². The maximum Gasteiger partial charge on any atom is 0.332 e. The van der Waals surface area contributed by atoms with Gasteiger partial charge in [-0.2, -0.15) is 0 Å². The molecule has 0 aliphatic heterocycles. The molecule has 0 aliphatic carbocycles. The molecule has 11 heteroatoms. The van der Waals surface area contributed by atoms with Crippen molar-refractivity contribution in [2.45, 2.75) is 59.3 Å². The summed E-state index contributed by atoms with van der Waals surface area (Å²) in [4.78, 5) is 52.4. The van der Waals surface area contributed by atoms with Crippen LogP contribution in [0.1, 0.15) is 51.5 Å². The van der Waals surface area contributed by atoms with Crippen LogP contribution in [-0.2, 0) is 28.6 Å². The van der Waals surface area contributed by atoms with Crippen LogP contribution in [0, 0.1) is 5.92 Å². The molecule has 1 amide bonds. The lowest BCUT2D eigenvalue weighted by molar-refractivity contribution is -0.158. The Morgan fingerprint density at radius 2 is 1.72 bits per heavy atom. The number of methoxy groups -OCH3 is 1. The summed E-state index contributed by atoms with van der Waals surface area (Å²) in [7, 11) is 1.30. The van der Waals surface area contributed by atoms with Crippen LogP contribution in [0.25, 0.3) is 0 Å². The molecule has 0 fully saturated rings. The highest BCUT2D eigenvalue weighted by molar-refractivity contribution is 5.98. The van der Waals surface area contributed by atoms with Gasteiger partial charge < -0.3 is 29.4 Å². The minimum atomic E-state index is -1.37. The average molecular weight is 454 g/mol. The van der Waals surface area contributed by atoms with Gasteiger partial charge in [0.2, 0.25) is 0 Å². The van der Waals surface area contributed by atoms with Gasteiger partial charge in [0, 0.05) is 12.3 Å². The van der Waals surface area contributed by atoms with E-state index in [1.165, 1.54) is 26.3 Å². The highest BCUT2D eigenvalue weighted by Crippen LogP contribution is 2.27. The zero-order chi connectivity index (χ0) is 24.4. The highest BCUT2D eigenvalue weighted by Gasteiger charge is 2.28. The first-order chi connectivity index (χ1) is 15.0. The van der Waals surface area contributed by atoms with Crippen LogP contribution in [0.15, 0.2) is 12.3 Å². The van der Waals surface area contributed by atoms with Crippen molar-refractivity contribution in [2.75, 3.05) is 13.7 Å². The Kier molecular flexibility index (Phi) is 10.4. The second-order valence-corrected chi connectivity index (χ2v) is 7.51. The largest absolute Gasteiger partial charge is 0.503 e. The fraction of sp³-hybridized carbons (Fsp3) is 0.571. The minimum Gasteiger partial charge on any atom is -0.503 e. The Hall–Kier alpha value is -3.37. The van der Waals surface area contributed by atoms with Crippen LogP contribution in [0.2, 0.25) is 0 Å². The Bertz CT molecular complexity index is 823. The number of aromatic nitrogens is 1. The number of nitrogens with zero attached hydrogens (tertiary/aromatic N) is 1. The van der Waals surface area contributed by atoms with Gasteiger partial charge in [-0.1, -0.05) is 13.8 Å². The van der Waals surface area contributed by atoms with Crippen molar-refractivity contribution in [1.82, 2.24) is 10.3 Å². The van der Waals surface area contributed by atoms with Crippen LogP contribution in [0.5, 0.6) is 11.5 Å². The second-order valence-electron chi connectivity index (χ2n) is 7.51. The van der Waals surface area contributed by atoms with E-state index in [-0.39, 0.29) is 23.8 Å². The van der Waals surface area contributed by atoms with Crippen LogP contribution in [-0.4, -0.2) is 65.9 Å². The predicted octanol–water partition coefficient (Wildman–Crippen LogP) is 1.37. The summed E-state index contributed by atoms with van der Waals surface area (Å²) in [6, 6.07) is -0.0131. The predicted molar refractivity (Wildman–Crippen MR) is 111 cm³/mol. The molecule has 178 valence electrons. The molecule has 2 atom stereocenters. The van der Waals surface area contributed by atoms with E-state index in [1.54, 1.807) is 27.7 Å². The third-order valence-corrected chi connectivity index (χ3v) is 3.92. The molecule has 32 heavy (non-hydrogen) atoms. The molecule has 0 spiro atoms. The van der Waals surface area contributed by atoms with Gasteiger partial charge in [0.05, 0.1) is 25.6 Å². The quantitative estimate of drug-likeness (QED) is 0.370. The zero-order valence-corrected chi connectivity index (χ0v) is 19.0. The molecule has 0 aliphatic rings. The van der Waals surface area contributed by atoms with Crippen molar-refractivity contribution in [3.05, 3.63) is 18.0 Å². The number of esters is 3. The van der Waals surface area contributed by atoms with Gasteiger partial charge in [-0.15, -0.1) is 0 Å². The monoisotopic (exact) mass is 454 g/mol. The fourth-order valence-corrected chi connectivity index (χ4v) is 2.32. The first kappa shape index (κ1) is 26.7. The molecule has 0 aromatic carbocycles. The van der Waals surface area contributed by atoms with E-state index in [4.69, 9.17) is 18.9 Å². The summed E-state index contributed by atoms with van der Waals surface area (Å²) in [5.41, 5.74) is -0.382. The summed E-state index contributed by atoms with van der Waals surface area (Å²) in [6.07, 6.45) is -0.215. The minimum absolute atomic E-state index is 0.0165. The number of aromatic hydroxyl groups is 1. The number of ether oxygens (including phenoxy) is 4. The van der Waals surface area contributed by atoms with Gasteiger partial charge >= 0.3 is 17.9 Å². The Balaban J connectivity index is 2.83. The summed E-state index contributed by atoms with van der Waals surface area (Å²) < 4.78 is 20.2. The summed E-state index contributed by atoms with van der Waals surface area (Å²) >= 11 is 0. The lowest BCUT2D eigenvalue weighted by atomic mass is 10.2. The summed E-state index contributed by atoms with van der Waals surface area (Å²) in [5.74, 6) is -3.79. The van der Waals surface area contributed by atoms with E-state index in [1.807, 2.05) is 0 Å². The van der Waals surface area contributed by atoms with Gasteiger partial charge in [-0.3, -0.25) is 14.4 Å². The van der Waals surface area contributed by atoms with E-state index in [0.717, 1.165) is 0 Å². The lowest BCUT2D eigenvalue weighted by Crippen LogP contribution is -2.46. The molecular weight excluding hydrogens is 424 g/mol. The van der Waals surface area contributed by atoms with Crippen molar-refractivity contribution < 1.29 is 43.2 Å². The van der Waals surface area contributed by atoms with Gasteiger partial charge in [-0.05, 0) is 20.8 Å².